The Hall–Kier alpha value is -2.42. The third-order valence-electron chi connectivity index (χ3n) is 4.54. The van der Waals surface area contributed by atoms with Crippen LogP contribution in [0.15, 0.2) is 36.5 Å². The van der Waals surface area contributed by atoms with Crippen LogP contribution in [0.3, 0.4) is 0 Å². The minimum Gasteiger partial charge on any atom is -0.473 e. The molecule has 1 N–H and O–H groups in total. The molecular weight excluding hydrogens is 401 g/mol. The Morgan fingerprint density at radius 1 is 1.25 bits per heavy atom. The van der Waals surface area contributed by atoms with Crippen molar-refractivity contribution < 1.29 is 4.74 Å². The van der Waals surface area contributed by atoms with Crippen molar-refractivity contribution in [3.05, 3.63) is 52.1 Å². The molecule has 1 saturated heterocycles. The maximum Gasteiger partial charge on any atom is 0.248 e. The highest BCUT2D eigenvalue weighted by molar-refractivity contribution is 6.43. The summed E-state index contributed by atoms with van der Waals surface area (Å²) in [5, 5.41) is 15.8. The molecule has 0 aliphatic carbocycles. The van der Waals surface area contributed by atoms with Crippen LogP contribution in [0.4, 0.5) is 5.95 Å². The molecule has 1 atom stereocenters. The summed E-state index contributed by atoms with van der Waals surface area (Å²) in [6.45, 7) is 2.37. The molecule has 146 valence electrons. The Kier molecular flexibility index (Phi) is 5.61. The molecule has 0 spiro atoms. The van der Waals surface area contributed by atoms with Crippen molar-refractivity contribution in [2.75, 3.05) is 25.5 Å². The summed E-state index contributed by atoms with van der Waals surface area (Å²) in [5.41, 5.74) is 1.52. The van der Waals surface area contributed by atoms with Crippen molar-refractivity contribution in [1.29, 1.82) is 0 Å². The molecule has 1 aromatic carbocycles. The van der Waals surface area contributed by atoms with Gasteiger partial charge in [0.05, 0.1) is 15.7 Å². The first-order chi connectivity index (χ1) is 13.6. The van der Waals surface area contributed by atoms with Gasteiger partial charge in [-0.05, 0) is 42.1 Å². The number of rotatable bonds is 6. The van der Waals surface area contributed by atoms with Crippen LogP contribution in [-0.2, 0) is 6.54 Å². The number of hydrogen-bond acceptors (Lipinski definition) is 7. The average Bonchev–Trinajstić information content (AvgIpc) is 3.32. The molecule has 3 aromatic rings. The van der Waals surface area contributed by atoms with Gasteiger partial charge in [0.1, 0.15) is 6.10 Å². The summed E-state index contributed by atoms with van der Waals surface area (Å²) in [5.74, 6) is 1.06. The molecule has 10 heteroatoms. The number of halogens is 2. The first kappa shape index (κ1) is 18.9. The third-order valence-corrected chi connectivity index (χ3v) is 5.35. The van der Waals surface area contributed by atoms with Crippen LogP contribution in [0, 0.1) is 0 Å². The Bertz CT molecular complexity index is 965. The topological polar surface area (TPSA) is 81.0 Å². The smallest absolute Gasteiger partial charge is 0.248 e. The fourth-order valence-corrected chi connectivity index (χ4v) is 3.48. The normalized spacial score (nSPS) is 17.0. The SMILES string of the molecule is CN1CCC(Oc2ncccc2CNc2nnnn2-c2cccc(Cl)c2Cl)C1. The van der Waals surface area contributed by atoms with Gasteiger partial charge in [-0.3, -0.25) is 0 Å². The van der Waals surface area contributed by atoms with Gasteiger partial charge in [0.2, 0.25) is 11.8 Å². The van der Waals surface area contributed by atoms with Gasteiger partial charge in [-0.25, -0.2) is 4.98 Å². The minimum absolute atomic E-state index is 0.147. The van der Waals surface area contributed by atoms with E-state index in [1.807, 2.05) is 12.1 Å². The first-order valence-corrected chi connectivity index (χ1v) is 9.63. The van der Waals surface area contributed by atoms with Gasteiger partial charge >= 0.3 is 0 Å². The number of likely N-dealkylation sites (N-methyl/N-ethyl adjacent to an activating group) is 1. The Labute approximate surface area is 172 Å². The molecule has 1 fully saturated rings. The Balaban J connectivity index is 1.51. The van der Waals surface area contributed by atoms with Crippen LogP contribution in [0.1, 0.15) is 12.0 Å². The zero-order chi connectivity index (χ0) is 19.5. The highest BCUT2D eigenvalue weighted by Gasteiger charge is 2.22. The lowest BCUT2D eigenvalue weighted by molar-refractivity contribution is 0.198. The van der Waals surface area contributed by atoms with Crippen LogP contribution in [-0.4, -0.2) is 56.3 Å². The van der Waals surface area contributed by atoms with E-state index in [2.05, 4.69) is 37.8 Å². The van der Waals surface area contributed by atoms with Crippen LogP contribution < -0.4 is 10.1 Å². The second kappa shape index (κ2) is 8.30. The summed E-state index contributed by atoms with van der Waals surface area (Å²) < 4.78 is 7.62. The molecule has 1 aliphatic rings. The Morgan fingerprint density at radius 2 is 2.14 bits per heavy atom. The van der Waals surface area contributed by atoms with E-state index >= 15 is 0 Å². The zero-order valence-electron chi connectivity index (χ0n) is 15.2. The fraction of sp³-hybridized carbons (Fsp3) is 0.333. The van der Waals surface area contributed by atoms with Gasteiger partial charge in [0, 0.05) is 31.4 Å². The summed E-state index contributed by atoms with van der Waals surface area (Å²) in [6, 6.07) is 9.14. The van der Waals surface area contributed by atoms with Crippen LogP contribution in [0.25, 0.3) is 5.69 Å². The predicted octanol–water partition coefficient (Wildman–Crippen LogP) is 3.06. The number of pyridine rings is 1. The minimum atomic E-state index is 0.147. The van der Waals surface area contributed by atoms with Crippen LogP contribution in [0.2, 0.25) is 10.0 Å². The highest BCUT2D eigenvalue weighted by Crippen LogP contribution is 2.29. The molecule has 0 radical (unpaired) electrons. The quantitative estimate of drug-likeness (QED) is 0.657. The number of nitrogens with zero attached hydrogens (tertiary/aromatic N) is 6. The van der Waals surface area contributed by atoms with E-state index in [1.54, 1.807) is 24.4 Å². The molecule has 8 nitrogen and oxygen atoms in total. The van der Waals surface area contributed by atoms with Gasteiger partial charge in [0.15, 0.2) is 0 Å². The maximum atomic E-state index is 6.30. The monoisotopic (exact) mass is 419 g/mol. The van der Waals surface area contributed by atoms with Gasteiger partial charge in [-0.2, -0.15) is 4.68 Å². The number of anilines is 1. The third kappa shape index (κ3) is 4.04. The van der Waals surface area contributed by atoms with Crippen molar-refractivity contribution in [3.63, 3.8) is 0 Å². The molecule has 0 saturated carbocycles. The number of ether oxygens (including phenoxy) is 1. The summed E-state index contributed by atoms with van der Waals surface area (Å²) in [6.07, 6.45) is 2.87. The van der Waals surface area contributed by atoms with Crippen LogP contribution in [0.5, 0.6) is 5.88 Å². The van der Waals surface area contributed by atoms with E-state index in [0.29, 0.717) is 34.1 Å². The van der Waals surface area contributed by atoms with Gasteiger partial charge in [-0.15, -0.1) is 0 Å². The second-order valence-corrected chi connectivity index (χ2v) is 7.38. The highest BCUT2D eigenvalue weighted by atomic mass is 35.5. The van der Waals surface area contributed by atoms with Crippen LogP contribution >= 0.6 is 23.2 Å². The average molecular weight is 420 g/mol. The second-order valence-electron chi connectivity index (χ2n) is 6.60. The molecule has 1 aliphatic heterocycles. The molecule has 2 aromatic heterocycles. The van der Waals surface area contributed by atoms with Crippen molar-refractivity contribution in [1.82, 2.24) is 30.1 Å². The van der Waals surface area contributed by atoms with E-state index in [1.165, 1.54) is 4.68 Å². The molecule has 28 heavy (non-hydrogen) atoms. The van der Waals surface area contributed by atoms with E-state index in [4.69, 9.17) is 27.9 Å². The molecule has 0 amide bonds. The van der Waals surface area contributed by atoms with Crippen molar-refractivity contribution in [3.8, 4) is 11.6 Å². The van der Waals surface area contributed by atoms with E-state index < -0.39 is 0 Å². The fourth-order valence-electron chi connectivity index (χ4n) is 3.10. The lowest BCUT2D eigenvalue weighted by Gasteiger charge is -2.16. The maximum absolute atomic E-state index is 6.30. The summed E-state index contributed by atoms with van der Waals surface area (Å²) in [4.78, 5) is 6.64. The van der Waals surface area contributed by atoms with Crippen molar-refractivity contribution >= 4 is 29.2 Å². The van der Waals surface area contributed by atoms with Crippen molar-refractivity contribution in [2.24, 2.45) is 0 Å². The predicted molar refractivity (Wildman–Crippen MR) is 107 cm³/mol. The molecule has 3 heterocycles. The molecule has 0 bridgehead atoms. The lowest BCUT2D eigenvalue weighted by Crippen LogP contribution is -2.22. The number of nitrogens with one attached hydrogen (secondary N) is 1. The summed E-state index contributed by atoms with van der Waals surface area (Å²) in [7, 11) is 2.09. The zero-order valence-corrected chi connectivity index (χ0v) is 16.7. The van der Waals surface area contributed by atoms with Gasteiger partial charge in [-0.1, -0.05) is 40.4 Å². The first-order valence-electron chi connectivity index (χ1n) is 8.87. The molecular formula is C18H19Cl2N7O. The van der Waals surface area contributed by atoms with Gasteiger partial charge in [0.25, 0.3) is 0 Å². The largest absolute Gasteiger partial charge is 0.473 e. The number of aromatic nitrogens is 5. The van der Waals surface area contributed by atoms with E-state index in [0.717, 1.165) is 25.1 Å². The number of hydrogen-bond donors (Lipinski definition) is 1. The lowest BCUT2D eigenvalue weighted by atomic mass is 10.2. The van der Waals surface area contributed by atoms with Gasteiger partial charge < -0.3 is 15.0 Å². The number of likely N-dealkylation sites (tertiary alicyclic amines) is 1. The number of tetrazole rings is 1. The number of benzene rings is 1. The van der Waals surface area contributed by atoms with E-state index in [-0.39, 0.29) is 6.10 Å². The summed E-state index contributed by atoms with van der Waals surface area (Å²) >= 11 is 12.4. The van der Waals surface area contributed by atoms with Crippen molar-refractivity contribution in [2.45, 2.75) is 19.1 Å². The van der Waals surface area contributed by atoms with E-state index in [9.17, 15) is 0 Å². The molecule has 1 unspecified atom stereocenters. The Morgan fingerprint density at radius 3 is 2.96 bits per heavy atom. The standard InChI is InChI=1S/C18H19Cl2N7O/c1-26-9-7-13(11-26)28-17-12(4-3-8-21-17)10-22-18-23-24-25-27(18)15-6-2-5-14(19)16(15)20/h2-6,8,13H,7,9-11H2,1H3,(H,22,23,25). The molecule has 4 rings (SSSR count).